The predicted octanol–water partition coefficient (Wildman–Crippen LogP) is 1.95. The van der Waals surface area contributed by atoms with E-state index in [1.165, 1.54) is 12.8 Å². The molecule has 2 fully saturated rings. The van der Waals surface area contributed by atoms with Gasteiger partial charge < -0.3 is 19.9 Å². The maximum atomic E-state index is 12.7. The lowest BCUT2D eigenvalue weighted by atomic mass is 10.2. The Bertz CT molecular complexity index is 920. The highest BCUT2D eigenvalue weighted by Crippen LogP contribution is 2.23. The van der Waals surface area contributed by atoms with Gasteiger partial charge in [0.15, 0.2) is 5.96 Å². The number of hydrogen-bond donors (Lipinski definition) is 1. The Balaban J connectivity index is 1.40. The van der Waals surface area contributed by atoms with Gasteiger partial charge in [0, 0.05) is 45.1 Å². The van der Waals surface area contributed by atoms with E-state index in [9.17, 15) is 4.79 Å². The minimum Gasteiger partial charge on any atom is -0.474 e. The highest BCUT2D eigenvalue weighted by Gasteiger charge is 2.27. The van der Waals surface area contributed by atoms with E-state index in [1.54, 1.807) is 22.0 Å². The first-order valence-electron chi connectivity index (χ1n) is 11.1. The van der Waals surface area contributed by atoms with Gasteiger partial charge in [-0.15, -0.1) is 0 Å². The molecule has 1 aliphatic carbocycles. The predicted molar refractivity (Wildman–Crippen MR) is 119 cm³/mol. The molecule has 0 radical (unpaired) electrons. The van der Waals surface area contributed by atoms with E-state index in [2.05, 4.69) is 15.4 Å². The first-order chi connectivity index (χ1) is 15.1. The van der Waals surface area contributed by atoms with Gasteiger partial charge in [-0.2, -0.15) is 5.10 Å². The number of piperazine rings is 1. The Hall–Kier alpha value is -3.10. The molecule has 2 aliphatic rings. The number of aliphatic imine (C=N–C) groups is 1. The van der Waals surface area contributed by atoms with Crippen molar-refractivity contribution in [1.29, 1.82) is 0 Å². The first kappa shape index (κ1) is 21.1. The molecule has 0 spiro atoms. The highest BCUT2D eigenvalue weighted by molar-refractivity contribution is 5.98. The second-order valence-corrected chi connectivity index (χ2v) is 8.04. The number of carbonyl (C=O) groups is 1. The Morgan fingerprint density at radius 1 is 1.32 bits per heavy atom. The molecule has 31 heavy (non-hydrogen) atoms. The van der Waals surface area contributed by atoms with Gasteiger partial charge in [0.1, 0.15) is 12.6 Å². The maximum absolute atomic E-state index is 12.7. The van der Waals surface area contributed by atoms with Crippen molar-refractivity contribution in [3.8, 4) is 5.88 Å². The summed E-state index contributed by atoms with van der Waals surface area (Å²) in [5.41, 5.74) is 1.87. The molecule has 166 valence electrons. The Morgan fingerprint density at radius 2 is 2.16 bits per heavy atom. The zero-order chi connectivity index (χ0) is 21.6. The van der Waals surface area contributed by atoms with Crippen LogP contribution >= 0.6 is 0 Å². The molecular formula is C22H31N7O2. The molecule has 2 aromatic rings. The fourth-order valence-corrected chi connectivity index (χ4v) is 4.06. The second-order valence-electron chi connectivity index (χ2n) is 8.04. The summed E-state index contributed by atoms with van der Waals surface area (Å²) in [6.07, 6.45) is 10.3. The van der Waals surface area contributed by atoms with Crippen molar-refractivity contribution >= 4 is 17.6 Å². The van der Waals surface area contributed by atoms with Crippen LogP contribution in [0.1, 0.15) is 38.2 Å². The minimum absolute atomic E-state index is 0.0426. The average Bonchev–Trinajstić information content (AvgIpc) is 3.43. The average molecular weight is 426 g/mol. The van der Waals surface area contributed by atoms with Gasteiger partial charge in [-0.1, -0.05) is 0 Å². The molecule has 0 aromatic carbocycles. The molecule has 1 amide bonds. The molecule has 1 saturated heterocycles. The van der Waals surface area contributed by atoms with E-state index in [4.69, 9.17) is 9.73 Å². The lowest BCUT2D eigenvalue weighted by molar-refractivity contribution is -0.120. The van der Waals surface area contributed by atoms with Crippen LogP contribution in [0.15, 0.2) is 35.7 Å². The van der Waals surface area contributed by atoms with Crippen molar-refractivity contribution < 1.29 is 9.53 Å². The van der Waals surface area contributed by atoms with Crippen molar-refractivity contribution in [3.05, 3.63) is 36.3 Å². The quantitative estimate of drug-likeness (QED) is 0.562. The number of nitrogens with one attached hydrogen (secondary N) is 1. The highest BCUT2D eigenvalue weighted by atomic mass is 16.5. The molecule has 9 heteroatoms. The van der Waals surface area contributed by atoms with Crippen LogP contribution in [0, 0.1) is 0 Å². The van der Waals surface area contributed by atoms with E-state index < -0.39 is 0 Å². The summed E-state index contributed by atoms with van der Waals surface area (Å²) in [6.45, 7) is 4.86. The van der Waals surface area contributed by atoms with E-state index in [-0.39, 0.29) is 18.6 Å². The fraction of sp³-hybridized carbons (Fsp3) is 0.545. The number of aromatic nitrogens is 3. The molecule has 9 nitrogen and oxygen atoms in total. The monoisotopic (exact) mass is 425 g/mol. The van der Waals surface area contributed by atoms with Gasteiger partial charge in [0.2, 0.25) is 11.8 Å². The van der Waals surface area contributed by atoms with Crippen molar-refractivity contribution in [2.24, 2.45) is 12.0 Å². The van der Waals surface area contributed by atoms with Crippen LogP contribution in [0.4, 0.5) is 5.69 Å². The summed E-state index contributed by atoms with van der Waals surface area (Å²) >= 11 is 0. The van der Waals surface area contributed by atoms with Crippen LogP contribution in [0.5, 0.6) is 5.88 Å². The van der Waals surface area contributed by atoms with Crippen LogP contribution in [0.2, 0.25) is 0 Å². The molecule has 1 aliphatic heterocycles. The van der Waals surface area contributed by atoms with Gasteiger partial charge in [-0.25, -0.2) is 9.98 Å². The smallest absolute Gasteiger partial charge is 0.246 e. The van der Waals surface area contributed by atoms with Crippen LogP contribution in [-0.2, 0) is 18.4 Å². The van der Waals surface area contributed by atoms with Gasteiger partial charge in [-0.3, -0.25) is 9.48 Å². The number of aryl methyl sites for hydroxylation is 1. The Labute approximate surface area is 183 Å². The van der Waals surface area contributed by atoms with E-state index in [1.807, 2.05) is 37.2 Å². The van der Waals surface area contributed by atoms with Crippen molar-refractivity contribution in [3.63, 3.8) is 0 Å². The summed E-state index contributed by atoms with van der Waals surface area (Å²) < 4.78 is 7.72. The Kier molecular flexibility index (Phi) is 6.69. The fourth-order valence-electron chi connectivity index (χ4n) is 4.06. The molecule has 3 heterocycles. The lowest BCUT2D eigenvalue weighted by Crippen LogP contribution is -2.55. The zero-order valence-corrected chi connectivity index (χ0v) is 18.3. The number of guanidine groups is 1. The molecule has 1 N–H and O–H groups in total. The largest absolute Gasteiger partial charge is 0.474 e. The number of anilines is 1. The van der Waals surface area contributed by atoms with Crippen LogP contribution in [0.25, 0.3) is 0 Å². The van der Waals surface area contributed by atoms with Gasteiger partial charge in [-0.05, 0) is 44.2 Å². The summed E-state index contributed by atoms with van der Waals surface area (Å²) in [7, 11) is 1.85. The van der Waals surface area contributed by atoms with Crippen LogP contribution < -0.4 is 15.0 Å². The van der Waals surface area contributed by atoms with E-state index in [0.717, 1.165) is 36.6 Å². The standard InChI is InChI=1S/C22H31N7O2/c1-3-23-22(28-10-11-29(21(30)16-28)18-14-26-27(2)15-18)25-13-17-8-9-24-20(12-17)31-19-6-4-5-7-19/h8-9,12,14-15,19H,3-7,10-11,13,16H2,1-2H3,(H,23,25). The number of pyridine rings is 1. The van der Waals surface area contributed by atoms with Gasteiger partial charge in [0.25, 0.3) is 0 Å². The van der Waals surface area contributed by atoms with Crippen molar-refractivity contribution in [2.75, 3.05) is 31.1 Å². The third kappa shape index (κ3) is 5.34. The summed E-state index contributed by atoms with van der Waals surface area (Å²) in [4.78, 5) is 25.7. The number of ether oxygens (including phenoxy) is 1. The number of rotatable bonds is 6. The van der Waals surface area contributed by atoms with Crippen LogP contribution in [-0.4, -0.2) is 63.8 Å². The van der Waals surface area contributed by atoms with Crippen LogP contribution in [0.3, 0.4) is 0 Å². The van der Waals surface area contributed by atoms with Crippen molar-refractivity contribution in [1.82, 2.24) is 25.0 Å². The molecule has 0 atom stereocenters. The number of nitrogens with zero attached hydrogens (tertiary/aromatic N) is 6. The Morgan fingerprint density at radius 3 is 2.87 bits per heavy atom. The SMILES string of the molecule is CCNC(=NCc1ccnc(OC2CCCC2)c1)N1CCN(c2cnn(C)c2)C(=O)C1. The molecule has 2 aromatic heterocycles. The molecule has 0 unspecified atom stereocenters. The third-order valence-electron chi connectivity index (χ3n) is 5.66. The van der Waals surface area contributed by atoms with E-state index in [0.29, 0.717) is 25.5 Å². The first-order valence-corrected chi connectivity index (χ1v) is 11.1. The summed E-state index contributed by atoms with van der Waals surface area (Å²) in [5, 5.41) is 7.49. The minimum atomic E-state index is 0.0426. The van der Waals surface area contributed by atoms with Gasteiger partial charge in [0.05, 0.1) is 18.4 Å². The normalized spacial score (nSPS) is 18.0. The number of carbonyl (C=O) groups excluding carboxylic acids is 1. The number of amides is 1. The third-order valence-corrected chi connectivity index (χ3v) is 5.66. The number of hydrogen-bond acceptors (Lipinski definition) is 5. The zero-order valence-electron chi connectivity index (χ0n) is 18.3. The molecule has 0 bridgehead atoms. The lowest BCUT2D eigenvalue weighted by Gasteiger charge is -2.35. The second kappa shape index (κ2) is 9.80. The summed E-state index contributed by atoms with van der Waals surface area (Å²) in [5.74, 6) is 1.46. The topological polar surface area (TPSA) is 87.9 Å². The van der Waals surface area contributed by atoms with E-state index >= 15 is 0 Å². The van der Waals surface area contributed by atoms with Crippen molar-refractivity contribution in [2.45, 2.75) is 45.3 Å². The summed E-state index contributed by atoms with van der Waals surface area (Å²) in [6, 6.07) is 3.93. The molecular weight excluding hydrogens is 394 g/mol. The molecule has 4 rings (SSSR count). The van der Waals surface area contributed by atoms with Gasteiger partial charge >= 0.3 is 0 Å². The maximum Gasteiger partial charge on any atom is 0.246 e. The molecule has 1 saturated carbocycles.